The molecule has 4 nitrogen and oxygen atoms in total. The van der Waals surface area contributed by atoms with Gasteiger partial charge < -0.3 is 4.90 Å². The van der Waals surface area contributed by atoms with Gasteiger partial charge in [0.1, 0.15) is 0 Å². The molecule has 1 saturated heterocycles. The maximum atomic E-state index is 11.7. The number of rotatable bonds is 3. The fourth-order valence-corrected chi connectivity index (χ4v) is 2.01. The summed E-state index contributed by atoms with van der Waals surface area (Å²) in [7, 11) is 1.85. The van der Waals surface area contributed by atoms with Crippen LogP contribution in [-0.2, 0) is 4.79 Å². The summed E-state index contributed by atoms with van der Waals surface area (Å²) in [6, 6.07) is 4.05. The molecule has 0 radical (unpaired) electrons. The third kappa shape index (κ3) is 2.22. The summed E-state index contributed by atoms with van der Waals surface area (Å²) in [5.41, 5.74) is 1.12. The zero-order valence-electron chi connectivity index (χ0n) is 9.68. The van der Waals surface area contributed by atoms with E-state index < -0.39 is 0 Å². The minimum Gasteiger partial charge on any atom is -0.344 e. The van der Waals surface area contributed by atoms with E-state index in [2.05, 4.69) is 17.2 Å². The van der Waals surface area contributed by atoms with Crippen LogP contribution in [0.3, 0.4) is 0 Å². The van der Waals surface area contributed by atoms with Gasteiger partial charge in [-0.15, -0.1) is 0 Å². The number of nitrogens with one attached hydrogen (secondary N) is 1. The molecule has 1 aromatic rings. The number of aromatic nitrogens is 1. The van der Waals surface area contributed by atoms with Crippen LogP contribution in [0.15, 0.2) is 24.5 Å². The first-order valence-electron chi connectivity index (χ1n) is 5.59. The SMILES string of the molecule is CC(NC1CCN(C)C1=O)c1cccnc1. The van der Waals surface area contributed by atoms with Crippen LogP contribution in [0.2, 0.25) is 0 Å². The second kappa shape index (κ2) is 4.61. The van der Waals surface area contributed by atoms with E-state index in [1.807, 2.05) is 25.4 Å². The Bertz CT molecular complexity index is 366. The third-order valence-electron chi connectivity index (χ3n) is 3.06. The predicted molar refractivity (Wildman–Crippen MR) is 61.8 cm³/mol. The van der Waals surface area contributed by atoms with Crippen LogP contribution in [0.4, 0.5) is 0 Å². The van der Waals surface area contributed by atoms with E-state index >= 15 is 0 Å². The lowest BCUT2D eigenvalue weighted by Crippen LogP contribution is -2.38. The molecule has 1 aromatic heterocycles. The first-order valence-corrected chi connectivity index (χ1v) is 5.59. The summed E-state index contributed by atoms with van der Waals surface area (Å²) in [5.74, 6) is 0.191. The van der Waals surface area contributed by atoms with Gasteiger partial charge in [-0.25, -0.2) is 0 Å². The molecule has 2 atom stereocenters. The van der Waals surface area contributed by atoms with Gasteiger partial charge in [0.2, 0.25) is 5.91 Å². The molecule has 2 rings (SSSR count). The van der Waals surface area contributed by atoms with Crippen LogP contribution < -0.4 is 5.32 Å². The molecule has 0 aliphatic carbocycles. The summed E-state index contributed by atoms with van der Waals surface area (Å²) >= 11 is 0. The summed E-state index contributed by atoms with van der Waals surface area (Å²) in [5, 5.41) is 3.34. The maximum Gasteiger partial charge on any atom is 0.239 e. The normalized spacial score (nSPS) is 22.5. The molecule has 1 aliphatic heterocycles. The lowest BCUT2D eigenvalue weighted by molar-refractivity contribution is -0.128. The van der Waals surface area contributed by atoms with Gasteiger partial charge in [-0.05, 0) is 25.0 Å². The number of amides is 1. The number of likely N-dealkylation sites (tertiary alicyclic amines) is 1. The van der Waals surface area contributed by atoms with Crippen molar-refractivity contribution in [1.29, 1.82) is 0 Å². The Kier molecular flexibility index (Phi) is 3.19. The fourth-order valence-electron chi connectivity index (χ4n) is 2.01. The molecule has 1 amide bonds. The Morgan fingerprint density at radius 1 is 1.62 bits per heavy atom. The first kappa shape index (κ1) is 11.1. The van der Waals surface area contributed by atoms with Crippen molar-refractivity contribution in [2.45, 2.75) is 25.4 Å². The first-order chi connectivity index (χ1) is 7.68. The average molecular weight is 219 g/mol. The van der Waals surface area contributed by atoms with Crippen molar-refractivity contribution in [2.75, 3.05) is 13.6 Å². The van der Waals surface area contributed by atoms with Gasteiger partial charge in [0, 0.05) is 32.0 Å². The molecule has 0 saturated carbocycles. The molecule has 0 spiro atoms. The molecule has 0 aromatic carbocycles. The highest BCUT2D eigenvalue weighted by Crippen LogP contribution is 2.15. The van der Waals surface area contributed by atoms with Crippen LogP contribution in [0.25, 0.3) is 0 Å². The van der Waals surface area contributed by atoms with Gasteiger partial charge in [-0.3, -0.25) is 15.1 Å². The number of nitrogens with zero attached hydrogens (tertiary/aromatic N) is 2. The number of carbonyl (C=O) groups excluding carboxylic acids is 1. The van der Waals surface area contributed by atoms with Gasteiger partial charge in [0.15, 0.2) is 0 Å². The maximum absolute atomic E-state index is 11.7. The van der Waals surface area contributed by atoms with Crippen molar-refractivity contribution in [3.63, 3.8) is 0 Å². The van der Waals surface area contributed by atoms with Crippen LogP contribution >= 0.6 is 0 Å². The summed E-state index contributed by atoms with van der Waals surface area (Å²) in [6.07, 6.45) is 4.48. The van der Waals surface area contributed by atoms with Crippen LogP contribution in [0.5, 0.6) is 0 Å². The zero-order chi connectivity index (χ0) is 11.5. The summed E-state index contributed by atoms with van der Waals surface area (Å²) in [6.45, 7) is 2.90. The molecule has 1 fully saturated rings. The van der Waals surface area contributed by atoms with Crippen LogP contribution in [0.1, 0.15) is 24.9 Å². The monoisotopic (exact) mass is 219 g/mol. The summed E-state index contributed by atoms with van der Waals surface area (Å²) in [4.78, 5) is 17.6. The van der Waals surface area contributed by atoms with E-state index in [0.717, 1.165) is 18.5 Å². The minimum atomic E-state index is -0.0415. The van der Waals surface area contributed by atoms with Crippen molar-refractivity contribution in [1.82, 2.24) is 15.2 Å². The zero-order valence-corrected chi connectivity index (χ0v) is 9.68. The largest absolute Gasteiger partial charge is 0.344 e. The van der Waals surface area contributed by atoms with Crippen molar-refractivity contribution >= 4 is 5.91 Å². The molecule has 16 heavy (non-hydrogen) atoms. The molecular formula is C12H17N3O. The molecule has 4 heteroatoms. The minimum absolute atomic E-state index is 0.0415. The van der Waals surface area contributed by atoms with Gasteiger partial charge in [0.25, 0.3) is 0 Å². The fraction of sp³-hybridized carbons (Fsp3) is 0.500. The van der Waals surface area contributed by atoms with Crippen molar-refractivity contribution < 1.29 is 4.79 Å². The van der Waals surface area contributed by atoms with Crippen molar-refractivity contribution in [3.8, 4) is 0 Å². The smallest absolute Gasteiger partial charge is 0.239 e. The Morgan fingerprint density at radius 2 is 2.44 bits per heavy atom. The van der Waals surface area contributed by atoms with E-state index in [9.17, 15) is 4.79 Å². The lowest BCUT2D eigenvalue weighted by Gasteiger charge is -2.18. The molecule has 0 bridgehead atoms. The molecule has 1 N–H and O–H groups in total. The molecule has 1 aliphatic rings. The van der Waals surface area contributed by atoms with E-state index in [-0.39, 0.29) is 18.0 Å². The predicted octanol–water partition coefficient (Wildman–Crippen LogP) is 0.963. The molecule has 2 heterocycles. The number of pyridine rings is 1. The van der Waals surface area contributed by atoms with E-state index in [1.165, 1.54) is 0 Å². The second-order valence-corrected chi connectivity index (χ2v) is 4.28. The molecule has 2 unspecified atom stereocenters. The third-order valence-corrected chi connectivity index (χ3v) is 3.06. The average Bonchev–Trinajstić information content (AvgIpc) is 2.62. The highest BCUT2D eigenvalue weighted by molar-refractivity contribution is 5.83. The Labute approximate surface area is 95.7 Å². The lowest BCUT2D eigenvalue weighted by atomic mass is 10.1. The number of likely N-dealkylation sites (N-methyl/N-ethyl adjacent to an activating group) is 1. The molecular weight excluding hydrogens is 202 g/mol. The van der Waals surface area contributed by atoms with Gasteiger partial charge in [0.05, 0.1) is 6.04 Å². The Balaban J connectivity index is 1.98. The molecule has 86 valence electrons. The highest BCUT2D eigenvalue weighted by atomic mass is 16.2. The van der Waals surface area contributed by atoms with Crippen LogP contribution in [0, 0.1) is 0 Å². The Hall–Kier alpha value is -1.42. The number of hydrogen-bond donors (Lipinski definition) is 1. The Morgan fingerprint density at radius 3 is 3.00 bits per heavy atom. The number of carbonyl (C=O) groups is 1. The van der Waals surface area contributed by atoms with Crippen molar-refractivity contribution in [2.24, 2.45) is 0 Å². The topological polar surface area (TPSA) is 45.2 Å². The highest BCUT2D eigenvalue weighted by Gasteiger charge is 2.29. The van der Waals surface area contributed by atoms with Crippen LogP contribution in [-0.4, -0.2) is 35.4 Å². The van der Waals surface area contributed by atoms with Gasteiger partial charge in [-0.1, -0.05) is 6.07 Å². The number of hydrogen-bond acceptors (Lipinski definition) is 3. The standard InChI is InChI=1S/C12H17N3O/c1-9(10-4-3-6-13-8-10)14-11-5-7-15(2)12(11)16/h3-4,6,8-9,11,14H,5,7H2,1-2H3. The summed E-state index contributed by atoms with van der Waals surface area (Å²) < 4.78 is 0. The van der Waals surface area contributed by atoms with E-state index in [4.69, 9.17) is 0 Å². The van der Waals surface area contributed by atoms with E-state index in [0.29, 0.717) is 0 Å². The van der Waals surface area contributed by atoms with E-state index in [1.54, 1.807) is 11.1 Å². The quantitative estimate of drug-likeness (QED) is 0.823. The van der Waals surface area contributed by atoms with Gasteiger partial charge in [-0.2, -0.15) is 0 Å². The van der Waals surface area contributed by atoms with Gasteiger partial charge >= 0.3 is 0 Å². The second-order valence-electron chi connectivity index (χ2n) is 4.28. The van der Waals surface area contributed by atoms with Crippen molar-refractivity contribution in [3.05, 3.63) is 30.1 Å².